The van der Waals surface area contributed by atoms with E-state index in [2.05, 4.69) is 13.5 Å². The summed E-state index contributed by atoms with van der Waals surface area (Å²) < 4.78 is 5.24. The molecule has 0 aromatic heterocycles. The zero-order valence-electron chi connectivity index (χ0n) is 11.2. The molecule has 0 bridgehead atoms. The molecule has 1 amide bonds. The van der Waals surface area contributed by atoms with Crippen LogP contribution in [0.2, 0.25) is 0 Å². The van der Waals surface area contributed by atoms with E-state index in [0.717, 1.165) is 19.3 Å². The Morgan fingerprint density at radius 1 is 1.33 bits per heavy atom. The number of esters is 1. The Labute approximate surface area is 109 Å². The summed E-state index contributed by atoms with van der Waals surface area (Å²) in [5.74, 6) is -0.193. The van der Waals surface area contributed by atoms with Crippen LogP contribution in [0.15, 0.2) is 12.7 Å². The lowest BCUT2D eigenvalue weighted by Gasteiger charge is -2.30. The van der Waals surface area contributed by atoms with E-state index in [1.807, 2.05) is 0 Å². The van der Waals surface area contributed by atoms with Gasteiger partial charge in [0.05, 0.1) is 12.5 Å². The molecule has 0 aromatic carbocycles. The molecule has 1 fully saturated rings. The van der Waals surface area contributed by atoms with Crippen LogP contribution in [0.1, 0.15) is 39.0 Å². The molecular weight excluding hydrogens is 230 g/mol. The standard InChI is InChI=1S/C14H23NO3/c1-3-5-6-11-18-14(17)12-7-9-15(10-8-12)13(16)4-2/h4,12H,2-3,5-11H2,1H3. The molecular formula is C14H23NO3. The highest BCUT2D eigenvalue weighted by Crippen LogP contribution is 2.19. The van der Waals surface area contributed by atoms with E-state index < -0.39 is 0 Å². The number of unbranched alkanes of at least 4 members (excludes halogenated alkanes) is 2. The van der Waals surface area contributed by atoms with Crippen molar-refractivity contribution in [2.45, 2.75) is 39.0 Å². The van der Waals surface area contributed by atoms with Gasteiger partial charge in [-0.1, -0.05) is 26.3 Å². The Morgan fingerprint density at radius 2 is 2.00 bits per heavy atom. The lowest BCUT2D eigenvalue weighted by Crippen LogP contribution is -2.39. The second-order valence-corrected chi connectivity index (χ2v) is 4.68. The first-order valence-corrected chi connectivity index (χ1v) is 6.77. The lowest BCUT2D eigenvalue weighted by molar-refractivity contribution is -0.151. The highest BCUT2D eigenvalue weighted by Gasteiger charge is 2.27. The number of hydrogen-bond acceptors (Lipinski definition) is 3. The van der Waals surface area contributed by atoms with Crippen molar-refractivity contribution in [2.75, 3.05) is 19.7 Å². The van der Waals surface area contributed by atoms with Crippen molar-refractivity contribution in [3.8, 4) is 0 Å². The van der Waals surface area contributed by atoms with E-state index in [1.54, 1.807) is 4.90 Å². The molecule has 0 radical (unpaired) electrons. The average molecular weight is 253 g/mol. The Bertz CT molecular complexity index is 293. The van der Waals surface area contributed by atoms with Crippen molar-refractivity contribution in [3.05, 3.63) is 12.7 Å². The van der Waals surface area contributed by atoms with Gasteiger partial charge in [-0.3, -0.25) is 9.59 Å². The van der Waals surface area contributed by atoms with E-state index >= 15 is 0 Å². The fourth-order valence-corrected chi connectivity index (χ4v) is 2.11. The fourth-order valence-electron chi connectivity index (χ4n) is 2.11. The molecule has 1 aliphatic heterocycles. The van der Waals surface area contributed by atoms with Crippen LogP contribution in [-0.4, -0.2) is 36.5 Å². The molecule has 0 N–H and O–H groups in total. The minimum atomic E-state index is -0.100. The largest absolute Gasteiger partial charge is 0.465 e. The summed E-state index contributed by atoms with van der Waals surface area (Å²) in [5.41, 5.74) is 0. The number of nitrogens with zero attached hydrogens (tertiary/aromatic N) is 1. The summed E-state index contributed by atoms with van der Waals surface area (Å²) in [6, 6.07) is 0. The number of carbonyl (C=O) groups is 2. The lowest BCUT2D eigenvalue weighted by atomic mass is 9.97. The van der Waals surface area contributed by atoms with Crippen molar-refractivity contribution in [1.29, 1.82) is 0 Å². The van der Waals surface area contributed by atoms with Gasteiger partial charge in [-0.05, 0) is 25.3 Å². The summed E-state index contributed by atoms with van der Waals surface area (Å²) in [6.45, 7) is 7.36. The van der Waals surface area contributed by atoms with Gasteiger partial charge in [0.15, 0.2) is 0 Å². The van der Waals surface area contributed by atoms with Crippen molar-refractivity contribution >= 4 is 11.9 Å². The Morgan fingerprint density at radius 3 is 2.56 bits per heavy atom. The highest BCUT2D eigenvalue weighted by atomic mass is 16.5. The van der Waals surface area contributed by atoms with Crippen LogP contribution in [-0.2, 0) is 14.3 Å². The van der Waals surface area contributed by atoms with Crippen LogP contribution in [0, 0.1) is 5.92 Å². The maximum Gasteiger partial charge on any atom is 0.309 e. The normalized spacial score (nSPS) is 16.4. The molecule has 0 spiro atoms. The predicted molar refractivity (Wildman–Crippen MR) is 70.0 cm³/mol. The van der Waals surface area contributed by atoms with Crippen LogP contribution in [0.3, 0.4) is 0 Å². The van der Waals surface area contributed by atoms with E-state index in [9.17, 15) is 9.59 Å². The number of ether oxygens (including phenoxy) is 1. The number of hydrogen-bond donors (Lipinski definition) is 0. The molecule has 102 valence electrons. The Kier molecular flexibility index (Phi) is 6.47. The van der Waals surface area contributed by atoms with Gasteiger partial charge >= 0.3 is 5.97 Å². The van der Waals surface area contributed by atoms with Gasteiger partial charge in [-0.25, -0.2) is 0 Å². The third kappa shape index (κ3) is 4.51. The molecule has 4 nitrogen and oxygen atoms in total. The topological polar surface area (TPSA) is 46.6 Å². The molecule has 1 saturated heterocycles. The number of amides is 1. The van der Waals surface area contributed by atoms with E-state index in [4.69, 9.17) is 4.74 Å². The van der Waals surface area contributed by atoms with Gasteiger partial charge < -0.3 is 9.64 Å². The molecule has 0 aromatic rings. The van der Waals surface area contributed by atoms with Gasteiger partial charge in [-0.2, -0.15) is 0 Å². The Hall–Kier alpha value is -1.32. The third-order valence-electron chi connectivity index (χ3n) is 3.31. The second kappa shape index (κ2) is 7.90. The number of carbonyl (C=O) groups excluding carboxylic acids is 2. The first-order chi connectivity index (χ1) is 8.69. The van der Waals surface area contributed by atoms with Crippen molar-refractivity contribution in [3.63, 3.8) is 0 Å². The number of likely N-dealkylation sites (tertiary alicyclic amines) is 1. The first-order valence-electron chi connectivity index (χ1n) is 6.77. The summed E-state index contributed by atoms with van der Waals surface area (Å²) in [6.07, 6.45) is 5.89. The fraction of sp³-hybridized carbons (Fsp3) is 0.714. The molecule has 4 heteroatoms. The zero-order valence-corrected chi connectivity index (χ0v) is 11.2. The zero-order chi connectivity index (χ0) is 13.4. The molecule has 18 heavy (non-hydrogen) atoms. The monoisotopic (exact) mass is 253 g/mol. The summed E-state index contributed by atoms with van der Waals surface area (Å²) in [7, 11) is 0. The molecule has 0 saturated carbocycles. The van der Waals surface area contributed by atoms with Crippen LogP contribution < -0.4 is 0 Å². The van der Waals surface area contributed by atoms with Gasteiger partial charge in [-0.15, -0.1) is 0 Å². The van der Waals surface area contributed by atoms with Crippen molar-refractivity contribution in [1.82, 2.24) is 4.90 Å². The first kappa shape index (κ1) is 14.7. The van der Waals surface area contributed by atoms with Crippen LogP contribution in [0.4, 0.5) is 0 Å². The molecule has 0 atom stereocenters. The molecule has 1 aliphatic rings. The van der Waals surface area contributed by atoms with Gasteiger partial charge in [0.25, 0.3) is 0 Å². The molecule has 1 heterocycles. The number of rotatable bonds is 6. The average Bonchev–Trinajstić information content (AvgIpc) is 2.42. The Balaban J connectivity index is 2.23. The predicted octanol–water partition coefficient (Wildman–Crippen LogP) is 2.14. The third-order valence-corrected chi connectivity index (χ3v) is 3.31. The smallest absolute Gasteiger partial charge is 0.309 e. The minimum absolute atomic E-state index is 0.0412. The summed E-state index contributed by atoms with van der Waals surface area (Å²) in [4.78, 5) is 24.9. The maximum absolute atomic E-state index is 11.8. The molecule has 1 rings (SSSR count). The van der Waals surface area contributed by atoms with Gasteiger partial charge in [0, 0.05) is 13.1 Å². The summed E-state index contributed by atoms with van der Waals surface area (Å²) >= 11 is 0. The van der Waals surface area contributed by atoms with Crippen LogP contribution in [0.5, 0.6) is 0 Å². The number of piperidine rings is 1. The molecule has 0 aliphatic carbocycles. The van der Waals surface area contributed by atoms with Gasteiger partial charge in [0.1, 0.15) is 0 Å². The van der Waals surface area contributed by atoms with E-state index in [-0.39, 0.29) is 17.8 Å². The van der Waals surface area contributed by atoms with E-state index in [0.29, 0.717) is 32.5 Å². The second-order valence-electron chi connectivity index (χ2n) is 4.68. The highest BCUT2D eigenvalue weighted by molar-refractivity contribution is 5.87. The SMILES string of the molecule is C=CC(=O)N1CCC(C(=O)OCCCCC)CC1. The molecule has 0 unspecified atom stereocenters. The minimum Gasteiger partial charge on any atom is -0.465 e. The van der Waals surface area contributed by atoms with Gasteiger partial charge in [0.2, 0.25) is 5.91 Å². The van der Waals surface area contributed by atoms with Crippen molar-refractivity contribution < 1.29 is 14.3 Å². The van der Waals surface area contributed by atoms with Crippen LogP contribution in [0.25, 0.3) is 0 Å². The van der Waals surface area contributed by atoms with E-state index in [1.165, 1.54) is 6.08 Å². The van der Waals surface area contributed by atoms with Crippen LogP contribution >= 0.6 is 0 Å². The van der Waals surface area contributed by atoms with Crippen molar-refractivity contribution in [2.24, 2.45) is 5.92 Å². The maximum atomic E-state index is 11.8. The quantitative estimate of drug-likeness (QED) is 0.414. The summed E-state index contributed by atoms with van der Waals surface area (Å²) in [5, 5.41) is 0.